The molecule has 3 aromatic rings. The summed E-state index contributed by atoms with van der Waals surface area (Å²) in [6.07, 6.45) is 45.5. The third-order valence-electron chi connectivity index (χ3n) is 34.7. The second kappa shape index (κ2) is 43.1. The monoisotopic (exact) mass is 2060 g/mol. The molecule has 0 unspecified atom stereocenters. The standard InChI is InChI=1S/C30H38O7S.C24H34O7S.C20H26O7S.C14H20F2O4S.C13H18F2O5S/c1-29(22-5-16-3-17(7-22)8-23(29)6-16)36-27(31)20-13-21(15-26(14-20)38(33,34)35)28(32)37-30(2)24-9-18-4-19(11-24)12-25(30)10-18;25-23(30-13-11-18-7-3-1-4-8-18)20-15-21(17-22(16-20)32(27,28)29)24(26)31-14-12-19-9-5-2-6-10-19;21-19(26-16-7-3-1-4-8-16)14-11-15(13-18(12-14)28(23,24)25)20(22)27-17-9-5-2-6-10-17;15-14(16,21(18,19)20)12(17)1-2-13-6-9-3-10(7-13)5-11(4-9)8-13;14-13(15,21(17,18)19)11(16)20-7-12-4-8-1-9(5-12)3-10(2-8)6-12/h13-19,22-25H,3-12H2,1-2H3,(H,33,34,35);15-19H,1-14H2,(H,27,28,29);11-13,16-17H,1-10H2,(H,23,24,25);9-11H,1-8H2,(H,18,19,20);8-10H,1-7H2,(H,17,18,19). The Hall–Kier alpha value is -7.11. The lowest BCUT2D eigenvalue weighted by molar-refractivity contribution is -0.172. The first-order valence-electron chi connectivity index (χ1n) is 50.8. The highest BCUT2D eigenvalue weighted by Gasteiger charge is 2.62. The number of carbonyl (C=O) groups is 8. The SMILES string of the molecule is CC1(OC(=O)c2cc(C(=O)OC3(C)C4CC5CC(C4)CC3C5)cc(S(=O)(=O)O)c2)C2CC3CC(C2)CC1C3.O=C(CCC12CC3CC(CC(C3)C1)C2)C(F)(F)S(=O)(=O)O.O=C(OC1CCCCC1)c1cc(C(=O)OC2CCCCC2)cc(S(=O)(=O)O)c1.O=C(OCC12CC3CC(CC(C3)C1)C2)C(F)(F)S(=O)(=O)O.O=C(OCCC1CCCCC1)c1cc(C(=O)OCCC2CCCCC2)cc(S(=O)(=O)O)c1. The third kappa shape index (κ3) is 25.7. The molecular weight excluding hydrogens is 1930 g/mol. The number of hydrogen-bond acceptors (Lipinski definition) is 25. The number of alkyl halides is 4. The van der Waals surface area contributed by atoms with Gasteiger partial charge in [-0.25, -0.2) is 33.6 Å². The molecule has 20 fully saturated rings. The third-order valence-corrected chi connectivity index (χ3v) is 38.9. The van der Waals surface area contributed by atoms with Crippen LogP contribution < -0.4 is 0 Å². The summed E-state index contributed by atoms with van der Waals surface area (Å²) in [6.45, 7) is 4.34. The Kier molecular flexibility index (Phi) is 33.0. The first-order valence-corrected chi connectivity index (χ1v) is 58.0. The highest BCUT2D eigenvalue weighted by atomic mass is 32.2. The molecule has 0 aliphatic heterocycles. The van der Waals surface area contributed by atoms with Gasteiger partial charge in [-0.2, -0.15) is 59.7 Å². The molecule has 0 radical (unpaired) electrons. The summed E-state index contributed by atoms with van der Waals surface area (Å²) in [5.41, 5.74) is -1.99. The molecular formula is C101H136F4O30S5. The van der Waals surface area contributed by atoms with Crippen molar-refractivity contribution in [1.82, 2.24) is 0 Å². The largest absolute Gasteiger partial charge is 0.465 e. The summed E-state index contributed by atoms with van der Waals surface area (Å²) in [5, 5.41) is -9.56. The van der Waals surface area contributed by atoms with Gasteiger partial charge in [-0.1, -0.05) is 77.0 Å². The number of carbonyl (C=O) groups excluding carboxylic acids is 8. The van der Waals surface area contributed by atoms with Gasteiger partial charge in [-0.15, -0.1) is 0 Å². The van der Waals surface area contributed by atoms with E-state index in [2.05, 4.69) is 4.74 Å². The minimum Gasteiger partial charge on any atom is -0.462 e. The lowest BCUT2D eigenvalue weighted by atomic mass is 9.48. The molecule has 23 rings (SSSR count). The van der Waals surface area contributed by atoms with Crippen molar-refractivity contribution in [3.8, 4) is 0 Å². The maximum absolute atomic E-state index is 13.5. The number of hydrogen-bond donors (Lipinski definition) is 5. The smallest absolute Gasteiger partial charge is 0.462 e. The molecule has 39 heteroatoms. The molecule has 20 aliphatic rings. The molecule has 778 valence electrons. The summed E-state index contributed by atoms with van der Waals surface area (Å²) in [4.78, 5) is 98.3. The predicted octanol–water partition coefficient (Wildman–Crippen LogP) is 20.0. The van der Waals surface area contributed by atoms with E-state index in [1.165, 1.54) is 88.8 Å². The van der Waals surface area contributed by atoms with Crippen molar-refractivity contribution in [3.63, 3.8) is 0 Å². The van der Waals surface area contributed by atoms with Crippen LogP contribution in [0.4, 0.5) is 17.6 Å². The quantitative estimate of drug-likeness (QED) is 0.0195. The van der Waals surface area contributed by atoms with Gasteiger partial charge in [0.1, 0.15) is 23.4 Å². The molecule has 20 saturated carbocycles. The maximum Gasteiger partial charge on any atom is 0.465 e. The van der Waals surface area contributed by atoms with Crippen LogP contribution in [-0.2, 0) is 93.3 Å². The second-order valence-electron chi connectivity index (χ2n) is 44.9. The molecule has 0 heterocycles. The molecule has 0 amide bonds. The summed E-state index contributed by atoms with van der Waals surface area (Å²) >= 11 is 0. The van der Waals surface area contributed by atoms with Gasteiger partial charge in [0.15, 0.2) is 0 Å². The van der Waals surface area contributed by atoms with Crippen LogP contribution in [0.3, 0.4) is 0 Å². The summed E-state index contributed by atoms with van der Waals surface area (Å²) in [6, 6.07) is 10.2. The van der Waals surface area contributed by atoms with Crippen LogP contribution in [0.25, 0.3) is 0 Å². The molecule has 30 nitrogen and oxygen atoms in total. The minimum atomic E-state index is -5.79. The number of esters is 7. The fraction of sp³-hybridized carbons (Fsp3) is 0.743. The highest BCUT2D eigenvalue weighted by Crippen LogP contribution is 2.65. The van der Waals surface area contributed by atoms with Crippen molar-refractivity contribution in [2.75, 3.05) is 19.8 Å². The topological polar surface area (TPSA) is 473 Å². The number of ether oxygens (including phenoxy) is 7. The Morgan fingerprint density at radius 2 is 0.593 bits per heavy atom. The molecule has 0 aromatic heterocycles. The van der Waals surface area contributed by atoms with Gasteiger partial charge in [0.25, 0.3) is 30.4 Å². The minimum absolute atomic E-state index is 0.0441. The zero-order chi connectivity index (χ0) is 101. The van der Waals surface area contributed by atoms with Crippen molar-refractivity contribution in [1.29, 1.82) is 0 Å². The number of ketones is 1. The molecule has 0 atom stereocenters. The lowest BCUT2D eigenvalue weighted by Crippen LogP contribution is -2.58. The van der Waals surface area contributed by atoms with Gasteiger partial charge in [-0.3, -0.25) is 27.6 Å². The second-order valence-corrected chi connectivity index (χ2v) is 52.1. The van der Waals surface area contributed by atoms with Crippen LogP contribution in [0.2, 0.25) is 0 Å². The molecule has 0 spiro atoms. The number of Topliss-reactive ketones (excluding diaryl/α,β-unsaturated/α-hetero) is 1. The van der Waals surface area contributed by atoms with Gasteiger partial charge in [0.2, 0.25) is 5.78 Å². The fourth-order valence-electron chi connectivity index (χ4n) is 28.7. The van der Waals surface area contributed by atoms with Crippen LogP contribution in [0.5, 0.6) is 0 Å². The van der Waals surface area contributed by atoms with Crippen molar-refractivity contribution < 1.29 is 154 Å². The highest BCUT2D eigenvalue weighted by molar-refractivity contribution is 7.88. The molecule has 140 heavy (non-hydrogen) atoms. The summed E-state index contributed by atoms with van der Waals surface area (Å²) < 4.78 is 250. The maximum atomic E-state index is 13.5. The summed E-state index contributed by atoms with van der Waals surface area (Å²) in [5.74, 6) is 0.734. The van der Waals surface area contributed by atoms with E-state index in [9.17, 15) is 112 Å². The zero-order valence-corrected chi connectivity index (χ0v) is 83.8. The molecule has 3 aromatic carbocycles. The van der Waals surface area contributed by atoms with Crippen LogP contribution in [0.15, 0.2) is 69.3 Å². The van der Waals surface area contributed by atoms with Gasteiger partial charge in [-0.05, 0) is 380 Å². The van der Waals surface area contributed by atoms with Gasteiger partial charge in [0, 0.05) is 11.8 Å². The van der Waals surface area contributed by atoms with Crippen LogP contribution in [0.1, 0.15) is 371 Å². The van der Waals surface area contributed by atoms with E-state index in [1.54, 1.807) is 0 Å². The van der Waals surface area contributed by atoms with Crippen LogP contribution in [0, 0.1) is 106 Å². The molecule has 0 saturated heterocycles. The van der Waals surface area contributed by atoms with Gasteiger partial charge >= 0.3 is 72.5 Å². The van der Waals surface area contributed by atoms with Gasteiger partial charge in [0.05, 0.1) is 67.9 Å². The van der Waals surface area contributed by atoms with Crippen LogP contribution in [-0.4, -0.2) is 166 Å². The fourth-order valence-corrected chi connectivity index (χ4v) is 31.1. The Bertz CT molecular complexity index is 5270. The van der Waals surface area contributed by atoms with Crippen molar-refractivity contribution in [2.45, 2.75) is 358 Å². The van der Waals surface area contributed by atoms with E-state index in [1.807, 2.05) is 13.8 Å². The Labute approximate surface area is 818 Å². The normalized spacial score (nSPS) is 31.6. The number of benzene rings is 3. The van der Waals surface area contributed by atoms with E-state index >= 15 is 0 Å². The molecule has 20 aliphatic carbocycles. The Balaban J connectivity index is 0.000000135. The van der Waals surface area contributed by atoms with Crippen molar-refractivity contribution >= 4 is 98.2 Å². The first-order chi connectivity index (χ1) is 65.8. The Morgan fingerprint density at radius 1 is 0.329 bits per heavy atom. The van der Waals surface area contributed by atoms with Gasteiger partial charge < -0.3 is 33.2 Å². The van der Waals surface area contributed by atoms with Crippen LogP contribution >= 0.6 is 0 Å². The zero-order valence-electron chi connectivity index (χ0n) is 79.7. The van der Waals surface area contributed by atoms with E-state index in [0.29, 0.717) is 101 Å². The van der Waals surface area contributed by atoms with E-state index in [0.717, 1.165) is 248 Å². The van der Waals surface area contributed by atoms with Crippen molar-refractivity contribution in [3.05, 3.63) is 88.0 Å². The van der Waals surface area contributed by atoms with Crippen molar-refractivity contribution in [2.24, 2.45) is 106 Å². The number of halogens is 4. The van der Waals surface area contributed by atoms with E-state index < -0.39 is 141 Å². The average molecular weight is 2070 g/mol. The van der Waals surface area contributed by atoms with E-state index in [4.69, 9.17) is 37.5 Å². The summed E-state index contributed by atoms with van der Waals surface area (Å²) in [7, 11) is -25.3. The Morgan fingerprint density at radius 3 is 0.879 bits per heavy atom. The lowest BCUT2D eigenvalue weighted by Gasteiger charge is -2.59. The first kappa shape index (κ1) is 107. The van der Waals surface area contributed by atoms with E-state index in [-0.39, 0.29) is 76.2 Å². The molecule has 5 N–H and O–H groups in total. The average Bonchev–Trinajstić information content (AvgIpc) is 0.745. The predicted molar refractivity (Wildman–Crippen MR) is 497 cm³/mol. The number of rotatable bonds is 28. The molecule has 16 bridgehead atoms.